The van der Waals surface area contributed by atoms with Crippen molar-refractivity contribution in [3.63, 3.8) is 0 Å². The van der Waals surface area contributed by atoms with Gasteiger partial charge in [-0.25, -0.2) is 0 Å². The molecule has 0 radical (unpaired) electrons. The number of hydrogen-bond acceptors (Lipinski definition) is 2. The third kappa shape index (κ3) is 2.80. The van der Waals surface area contributed by atoms with Crippen molar-refractivity contribution < 1.29 is 0 Å². The molecule has 2 N–H and O–H groups in total. The number of nitrogens with zero attached hydrogens (tertiary/aromatic N) is 1. The highest BCUT2D eigenvalue weighted by Gasteiger charge is 2.36. The molecule has 0 atom stereocenters. The van der Waals surface area contributed by atoms with Crippen LogP contribution in [0.2, 0.25) is 0 Å². The number of nitrogen functional groups attached to an aromatic ring is 1. The molecular weight excluding hydrogens is 352 g/mol. The Hall–Kier alpha value is -3.52. The standard InChI is InChI=1S/C27H24N2/c1-27(2)23-12-6-8-14-25(23)29(26-15-9-7-13-24(26)27)22-17-20(16-21(28)18-22)19-10-4-3-5-11-19/h3-18H,28H2,1-2H3. The molecule has 4 aromatic carbocycles. The van der Waals surface area contributed by atoms with Gasteiger partial charge in [-0.05, 0) is 52.6 Å². The van der Waals surface area contributed by atoms with Crippen molar-refractivity contribution in [1.29, 1.82) is 0 Å². The van der Waals surface area contributed by atoms with Crippen LogP contribution in [-0.4, -0.2) is 0 Å². The van der Waals surface area contributed by atoms with Gasteiger partial charge in [-0.2, -0.15) is 0 Å². The van der Waals surface area contributed by atoms with Gasteiger partial charge >= 0.3 is 0 Å². The molecule has 29 heavy (non-hydrogen) atoms. The lowest BCUT2D eigenvalue weighted by molar-refractivity contribution is 0.632. The first-order valence-corrected chi connectivity index (χ1v) is 10.0. The predicted octanol–water partition coefficient (Wildman–Crippen LogP) is 7.04. The lowest BCUT2D eigenvalue weighted by Crippen LogP contribution is -2.30. The van der Waals surface area contributed by atoms with Crippen molar-refractivity contribution in [2.75, 3.05) is 10.6 Å². The summed E-state index contributed by atoms with van der Waals surface area (Å²) in [4.78, 5) is 2.35. The number of rotatable bonds is 2. The number of anilines is 4. The Kier molecular flexibility index (Phi) is 3.95. The molecule has 0 amide bonds. The Labute approximate surface area is 172 Å². The summed E-state index contributed by atoms with van der Waals surface area (Å²) in [5.41, 5.74) is 15.5. The zero-order valence-corrected chi connectivity index (χ0v) is 16.8. The smallest absolute Gasteiger partial charge is 0.0502 e. The van der Waals surface area contributed by atoms with Gasteiger partial charge in [0.2, 0.25) is 0 Å². The first-order chi connectivity index (χ1) is 14.1. The van der Waals surface area contributed by atoms with Crippen LogP contribution in [-0.2, 0) is 5.41 Å². The topological polar surface area (TPSA) is 29.3 Å². The maximum absolute atomic E-state index is 6.37. The molecular formula is C27H24N2. The Morgan fingerprint density at radius 1 is 0.621 bits per heavy atom. The summed E-state index contributed by atoms with van der Waals surface area (Å²) in [5, 5.41) is 0. The largest absolute Gasteiger partial charge is 0.399 e. The van der Waals surface area contributed by atoms with Gasteiger partial charge in [0.25, 0.3) is 0 Å². The van der Waals surface area contributed by atoms with E-state index in [2.05, 4.69) is 104 Å². The Balaban J connectivity index is 1.77. The maximum atomic E-state index is 6.37. The molecule has 0 aliphatic carbocycles. The van der Waals surface area contributed by atoms with Crippen molar-refractivity contribution in [1.82, 2.24) is 0 Å². The fourth-order valence-corrected chi connectivity index (χ4v) is 4.51. The van der Waals surface area contributed by atoms with Crippen LogP contribution in [0.4, 0.5) is 22.7 Å². The minimum absolute atomic E-state index is 0.0632. The van der Waals surface area contributed by atoms with Crippen LogP contribution in [0.15, 0.2) is 97.1 Å². The van der Waals surface area contributed by atoms with Crippen LogP contribution in [0.5, 0.6) is 0 Å². The second-order valence-corrected chi connectivity index (χ2v) is 8.17. The molecule has 142 valence electrons. The molecule has 4 aromatic rings. The van der Waals surface area contributed by atoms with Crippen molar-refractivity contribution in [3.05, 3.63) is 108 Å². The monoisotopic (exact) mass is 376 g/mol. The van der Waals surface area contributed by atoms with Gasteiger partial charge in [-0.15, -0.1) is 0 Å². The predicted molar refractivity (Wildman–Crippen MR) is 123 cm³/mol. The van der Waals surface area contributed by atoms with E-state index in [1.165, 1.54) is 28.1 Å². The second-order valence-electron chi connectivity index (χ2n) is 8.17. The minimum Gasteiger partial charge on any atom is -0.399 e. The Morgan fingerprint density at radius 3 is 1.79 bits per heavy atom. The molecule has 1 aliphatic heterocycles. The third-order valence-corrected chi connectivity index (χ3v) is 5.94. The highest BCUT2D eigenvalue weighted by Crippen LogP contribution is 2.52. The minimum atomic E-state index is -0.0632. The fraction of sp³-hybridized carbons (Fsp3) is 0.111. The van der Waals surface area contributed by atoms with Gasteiger partial charge in [0.15, 0.2) is 0 Å². The molecule has 0 fully saturated rings. The first-order valence-electron chi connectivity index (χ1n) is 10.0. The number of benzene rings is 4. The molecule has 0 saturated heterocycles. The average Bonchev–Trinajstić information content (AvgIpc) is 2.74. The second kappa shape index (κ2) is 6.52. The summed E-state index contributed by atoms with van der Waals surface area (Å²) in [6.45, 7) is 4.60. The van der Waals surface area contributed by atoms with E-state index >= 15 is 0 Å². The average molecular weight is 377 g/mol. The number of hydrogen-bond donors (Lipinski definition) is 1. The quantitative estimate of drug-likeness (QED) is 0.380. The van der Waals surface area contributed by atoms with Crippen LogP contribution < -0.4 is 10.6 Å². The van der Waals surface area contributed by atoms with E-state index in [9.17, 15) is 0 Å². The molecule has 1 aliphatic rings. The maximum Gasteiger partial charge on any atom is 0.0502 e. The highest BCUT2D eigenvalue weighted by atomic mass is 15.2. The molecule has 5 rings (SSSR count). The van der Waals surface area contributed by atoms with E-state index in [1.807, 2.05) is 12.1 Å². The number of fused-ring (bicyclic) bond motifs is 2. The van der Waals surface area contributed by atoms with E-state index in [0.29, 0.717) is 0 Å². The molecule has 2 nitrogen and oxygen atoms in total. The number of para-hydroxylation sites is 2. The fourth-order valence-electron chi connectivity index (χ4n) is 4.51. The molecule has 0 saturated carbocycles. The van der Waals surface area contributed by atoms with Crippen LogP contribution >= 0.6 is 0 Å². The van der Waals surface area contributed by atoms with Crippen LogP contribution in [0.25, 0.3) is 11.1 Å². The van der Waals surface area contributed by atoms with Gasteiger partial charge in [0.05, 0.1) is 11.4 Å². The summed E-state index contributed by atoms with van der Waals surface area (Å²) in [6, 6.07) is 34.1. The molecule has 0 bridgehead atoms. The van der Waals surface area contributed by atoms with E-state index in [1.54, 1.807) is 0 Å². The molecule has 1 heterocycles. The summed E-state index contributed by atoms with van der Waals surface area (Å²) < 4.78 is 0. The molecule has 0 spiro atoms. The van der Waals surface area contributed by atoms with E-state index in [4.69, 9.17) is 5.73 Å². The van der Waals surface area contributed by atoms with E-state index < -0.39 is 0 Å². The van der Waals surface area contributed by atoms with Crippen LogP contribution in [0, 0.1) is 0 Å². The Morgan fingerprint density at radius 2 is 1.17 bits per heavy atom. The zero-order chi connectivity index (χ0) is 20.0. The van der Waals surface area contributed by atoms with E-state index in [-0.39, 0.29) is 5.41 Å². The van der Waals surface area contributed by atoms with Crippen molar-refractivity contribution in [2.45, 2.75) is 19.3 Å². The number of nitrogens with two attached hydrogens (primary N) is 1. The van der Waals surface area contributed by atoms with Crippen LogP contribution in [0.1, 0.15) is 25.0 Å². The molecule has 2 heteroatoms. The lowest BCUT2D eigenvalue weighted by atomic mass is 9.73. The van der Waals surface area contributed by atoms with Gasteiger partial charge < -0.3 is 10.6 Å². The van der Waals surface area contributed by atoms with Gasteiger partial charge in [0, 0.05) is 16.8 Å². The van der Waals surface area contributed by atoms with Crippen molar-refractivity contribution in [2.24, 2.45) is 0 Å². The summed E-state index contributed by atoms with van der Waals surface area (Å²) >= 11 is 0. The normalized spacial score (nSPS) is 14.2. The molecule has 0 aromatic heterocycles. The summed E-state index contributed by atoms with van der Waals surface area (Å²) in [6.07, 6.45) is 0. The summed E-state index contributed by atoms with van der Waals surface area (Å²) in [7, 11) is 0. The highest BCUT2D eigenvalue weighted by molar-refractivity contribution is 5.88. The lowest BCUT2D eigenvalue weighted by Gasteiger charge is -2.42. The van der Waals surface area contributed by atoms with Crippen molar-refractivity contribution >= 4 is 22.7 Å². The van der Waals surface area contributed by atoms with Gasteiger partial charge in [0.1, 0.15) is 0 Å². The molecule has 0 unspecified atom stereocenters. The van der Waals surface area contributed by atoms with Crippen LogP contribution in [0.3, 0.4) is 0 Å². The third-order valence-electron chi connectivity index (χ3n) is 5.94. The van der Waals surface area contributed by atoms with Gasteiger partial charge in [-0.3, -0.25) is 0 Å². The van der Waals surface area contributed by atoms with Crippen molar-refractivity contribution in [3.8, 4) is 11.1 Å². The zero-order valence-electron chi connectivity index (χ0n) is 16.8. The SMILES string of the molecule is CC1(C)c2ccccc2N(c2cc(N)cc(-c3ccccc3)c2)c2ccccc21. The first kappa shape index (κ1) is 17.6. The van der Waals surface area contributed by atoms with Gasteiger partial charge in [-0.1, -0.05) is 80.6 Å². The Bertz CT molecular complexity index is 1140. The summed E-state index contributed by atoms with van der Waals surface area (Å²) in [5.74, 6) is 0. The van der Waals surface area contributed by atoms with E-state index in [0.717, 1.165) is 16.9 Å².